The van der Waals surface area contributed by atoms with Gasteiger partial charge in [-0.05, 0) is 49.1 Å². The third-order valence-corrected chi connectivity index (χ3v) is 6.23. The minimum atomic E-state index is -0.0345. The van der Waals surface area contributed by atoms with Gasteiger partial charge in [-0.1, -0.05) is 36.2 Å². The van der Waals surface area contributed by atoms with Crippen LogP contribution in [0.5, 0.6) is 0 Å². The Hall–Kier alpha value is -1.85. The maximum atomic E-state index is 12.7. The van der Waals surface area contributed by atoms with Crippen molar-refractivity contribution >= 4 is 17.5 Å². The highest BCUT2D eigenvalue weighted by Crippen LogP contribution is 2.39. The molecule has 1 heterocycles. The number of amides is 1. The summed E-state index contributed by atoms with van der Waals surface area (Å²) in [5.74, 6) is 0.993. The molecule has 2 bridgehead atoms. The number of halogens is 1. The second-order valence-electron chi connectivity index (χ2n) is 7.70. The van der Waals surface area contributed by atoms with Crippen LogP contribution in [-0.4, -0.2) is 27.8 Å². The van der Waals surface area contributed by atoms with Gasteiger partial charge in [0.25, 0.3) is 5.91 Å². The smallest absolute Gasteiger partial charge is 0.254 e. The van der Waals surface area contributed by atoms with Gasteiger partial charge in [-0.25, -0.2) is 0 Å². The number of nitrogens with one attached hydrogen (secondary N) is 1. The van der Waals surface area contributed by atoms with E-state index in [4.69, 9.17) is 17.3 Å². The van der Waals surface area contributed by atoms with Crippen LogP contribution >= 0.6 is 11.6 Å². The monoisotopic (exact) mass is 372 g/mol. The molecule has 1 amide bonds. The molecule has 1 aromatic carbocycles. The Kier molecular flexibility index (Phi) is 5.00. The SMILES string of the molecule is NC1CC2CCCC(C1)C2NC(=O)c1cnn(Cc2ccccc2Cl)c1. The van der Waals surface area contributed by atoms with E-state index in [0.29, 0.717) is 29.0 Å². The second kappa shape index (κ2) is 7.41. The number of rotatable bonds is 4. The van der Waals surface area contributed by atoms with Gasteiger partial charge in [-0.2, -0.15) is 5.10 Å². The minimum absolute atomic E-state index is 0.0345. The summed E-state index contributed by atoms with van der Waals surface area (Å²) in [4.78, 5) is 12.7. The molecule has 0 radical (unpaired) electrons. The highest BCUT2D eigenvalue weighted by Gasteiger charge is 2.40. The molecule has 0 aliphatic heterocycles. The fourth-order valence-electron chi connectivity index (χ4n) is 4.63. The van der Waals surface area contributed by atoms with Crippen LogP contribution in [0.15, 0.2) is 36.7 Å². The van der Waals surface area contributed by atoms with Crippen molar-refractivity contribution in [2.24, 2.45) is 17.6 Å². The van der Waals surface area contributed by atoms with Gasteiger partial charge in [-0.15, -0.1) is 0 Å². The van der Waals surface area contributed by atoms with E-state index in [9.17, 15) is 4.79 Å². The van der Waals surface area contributed by atoms with Gasteiger partial charge in [0.2, 0.25) is 0 Å². The summed E-state index contributed by atoms with van der Waals surface area (Å²) in [5, 5.41) is 8.31. The summed E-state index contributed by atoms with van der Waals surface area (Å²) in [5.41, 5.74) is 7.77. The van der Waals surface area contributed by atoms with E-state index in [1.165, 1.54) is 19.3 Å². The maximum Gasteiger partial charge on any atom is 0.254 e. The lowest BCUT2D eigenvalue weighted by Crippen LogP contribution is -2.53. The van der Waals surface area contributed by atoms with Crippen molar-refractivity contribution in [2.45, 2.75) is 50.7 Å². The Morgan fingerprint density at radius 2 is 2.00 bits per heavy atom. The molecule has 0 spiro atoms. The quantitative estimate of drug-likeness (QED) is 0.865. The zero-order chi connectivity index (χ0) is 18.1. The molecule has 2 saturated carbocycles. The number of hydrogen-bond acceptors (Lipinski definition) is 3. The second-order valence-corrected chi connectivity index (χ2v) is 8.11. The minimum Gasteiger partial charge on any atom is -0.349 e. The van der Waals surface area contributed by atoms with E-state index >= 15 is 0 Å². The molecule has 2 atom stereocenters. The van der Waals surface area contributed by atoms with Gasteiger partial charge in [-0.3, -0.25) is 9.48 Å². The Bertz CT molecular complexity index is 776. The summed E-state index contributed by atoms with van der Waals surface area (Å²) in [6.45, 7) is 0.552. The zero-order valence-corrected chi connectivity index (χ0v) is 15.5. The topological polar surface area (TPSA) is 72.9 Å². The van der Waals surface area contributed by atoms with Crippen LogP contribution in [0, 0.1) is 11.8 Å². The van der Waals surface area contributed by atoms with Crippen LogP contribution in [0.3, 0.4) is 0 Å². The summed E-state index contributed by atoms with van der Waals surface area (Å²) < 4.78 is 1.76. The maximum absolute atomic E-state index is 12.7. The van der Waals surface area contributed by atoms with E-state index in [-0.39, 0.29) is 18.0 Å². The molecule has 2 aromatic rings. The molecule has 1 aromatic heterocycles. The first-order valence-electron chi connectivity index (χ1n) is 9.42. The number of hydrogen-bond donors (Lipinski definition) is 2. The molecule has 4 rings (SSSR count). The van der Waals surface area contributed by atoms with Crippen LogP contribution in [0.4, 0.5) is 0 Å². The first kappa shape index (κ1) is 17.6. The average Bonchev–Trinajstić information content (AvgIpc) is 3.06. The first-order valence-corrected chi connectivity index (χ1v) is 9.80. The Morgan fingerprint density at radius 1 is 1.27 bits per heavy atom. The lowest BCUT2D eigenvalue weighted by molar-refractivity contribution is 0.0756. The molecular weight excluding hydrogens is 348 g/mol. The highest BCUT2D eigenvalue weighted by atomic mass is 35.5. The predicted molar refractivity (Wildman–Crippen MR) is 102 cm³/mol. The van der Waals surface area contributed by atoms with Gasteiger partial charge >= 0.3 is 0 Å². The van der Waals surface area contributed by atoms with Gasteiger partial charge in [0.1, 0.15) is 0 Å². The Balaban J connectivity index is 1.43. The number of fused-ring (bicyclic) bond motifs is 2. The van der Waals surface area contributed by atoms with Crippen molar-refractivity contribution in [1.29, 1.82) is 0 Å². The third kappa shape index (κ3) is 3.64. The zero-order valence-electron chi connectivity index (χ0n) is 14.8. The fraction of sp³-hybridized carbons (Fsp3) is 0.500. The molecule has 2 unspecified atom stereocenters. The van der Waals surface area contributed by atoms with Crippen molar-refractivity contribution < 1.29 is 4.79 Å². The summed E-state index contributed by atoms with van der Waals surface area (Å²) in [6.07, 6.45) is 9.06. The number of nitrogens with zero attached hydrogens (tertiary/aromatic N) is 2. The predicted octanol–water partition coefficient (Wildman–Crippen LogP) is 3.22. The summed E-state index contributed by atoms with van der Waals surface area (Å²) in [6, 6.07) is 8.22. The molecule has 138 valence electrons. The average molecular weight is 373 g/mol. The number of benzene rings is 1. The first-order chi connectivity index (χ1) is 12.6. The largest absolute Gasteiger partial charge is 0.349 e. The summed E-state index contributed by atoms with van der Waals surface area (Å²) in [7, 11) is 0. The Labute approximate surface area is 158 Å². The van der Waals surface area contributed by atoms with Crippen molar-refractivity contribution in [1.82, 2.24) is 15.1 Å². The van der Waals surface area contributed by atoms with E-state index in [1.807, 2.05) is 24.3 Å². The van der Waals surface area contributed by atoms with Crippen LogP contribution < -0.4 is 11.1 Å². The van der Waals surface area contributed by atoms with Gasteiger partial charge in [0.05, 0.1) is 18.3 Å². The number of carbonyl (C=O) groups is 1. The molecule has 2 aliphatic carbocycles. The molecule has 3 N–H and O–H groups in total. The van der Waals surface area contributed by atoms with E-state index in [1.54, 1.807) is 17.1 Å². The van der Waals surface area contributed by atoms with Gasteiger partial charge in [0, 0.05) is 23.3 Å². The lowest BCUT2D eigenvalue weighted by atomic mass is 9.67. The molecule has 26 heavy (non-hydrogen) atoms. The third-order valence-electron chi connectivity index (χ3n) is 5.86. The number of aromatic nitrogens is 2. The number of carbonyl (C=O) groups excluding carboxylic acids is 1. The Morgan fingerprint density at radius 3 is 2.73 bits per heavy atom. The molecular formula is C20H25ClN4O. The van der Waals surface area contributed by atoms with E-state index < -0.39 is 0 Å². The molecule has 0 saturated heterocycles. The standard InChI is InChI=1S/C20H25ClN4O/c21-18-7-2-1-4-15(18)11-25-12-16(10-23-25)20(26)24-19-13-5-3-6-14(19)9-17(22)8-13/h1-2,4,7,10,12-14,17,19H,3,5-6,8-9,11,22H2,(H,24,26). The fourth-order valence-corrected chi connectivity index (χ4v) is 4.82. The van der Waals surface area contributed by atoms with Crippen LogP contribution in [0.25, 0.3) is 0 Å². The van der Waals surface area contributed by atoms with E-state index in [2.05, 4.69) is 10.4 Å². The van der Waals surface area contributed by atoms with Gasteiger partial charge < -0.3 is 11.1 Å². The highest BCUT2D eigenvalue weighted by molar-refractivity contribution is 6.31. The molecule has 5 nitrogen and oxygen atoms in total. The van der Waals surface area contributed by atoms with Crippen LogP contribution in [0.1, 0.15) is 48.0 Å². The van der Waals surface area contributed by atoms with Crippen LogP contribution in [0.2, 0.25) is 5.02 Å². The molecule has 6 heteroatoms. The molecule has 2 aliphatic rings. The molecule has 2 fully saturated rings. The summed E-state index contributed by atoms with van der Waals surface area (Å²) >= 11 is 6.21. The normalized spacial score (nSPS) is 27.9. The van der Waals surface area contributed by atoms with Crippen molar-refractivity contribution in [3.8, 4) is 0 Å². The number of nitrogens with two attached hydrogens (primary N) is 1. The van der Waals surface area contributed by atoms with Crippen LogP contribution in [-0.2, 0) is 6.54 Å². The van der Waals surface area contributed by atoms with Crippen molar-refractivity contribution in [3.05, 3.63) is 52.8 Å². The van der Waals surface area contributed by atoms with Crippen molar-refractivity contribution in [2.75, 3.05) is 0 Å². The lowest BCUT2D eigenvalue weighted by Gasteiger charge is -2.45. The van der Waals surface area contributed by atoms with E-state index in [0.717, 1.165) is 18.4 Å². The van der Waals surface area contributed by atoms with Crippen molar-refractivity contribution in [3.63, 3.8) is 0 Å². The van der Waals surface area contributed by atoms with Gasteiger partial charge in [0.15, 0.2) is 0 Å².